The molecule has 5 heteroatoms. The number of phenolic OH excluding ortho intramolecular Hbond substituents is 1. The van der Waals surface area contributed by atoms with Crippen LogP contribution in [0, 0.1) is 0 Å². The Bertz CT molecular complexity index is 295. The van der Waals surface area contributed by atoms with Crippen molar-refractivity contribution < 1.29 is 9.90 Å². The number of aromatic hydroxyl groups is 1. The molecule has 70 valence electrons. The summed E-state index contributed by atoms with van der Waals surface area (Å²) in [5, 5.41) is 11.4. The van der Waals surface area contributed by atoms with E-state index in [2.05, 4.69) is 5.32 Å². The van der Waals surface area contributed by atoms with Crippen molar-refractivity contribution in [3.05, 3.63) is 24.3 Å². The van der Waals surface area contributed by atoms with E-state index in [1.54, 1.807) is 12.1 Å². The molecule has 0 aliphatic rings. The van der Waals surface area contributed by atoms with Crippen LogP contribution in [0.1, 0.15) is 0 Å². The number of carbonyl (C=O) groups is 1. The second-order valence-electron chi connectivity index (χ2n) is 2.56. The molecule has 0 aromatic heterocycles. The molecule has 0 radical (unpaired) electrons. The third-order valence-electron chi connectivity index (χ3n) is 1.44. The number of carbonyl (C=O) groups excluding carboxylic acids is 1. The van der Waals surface area contributed by atoms with Crippen molar-refractivity contribution in [2.45, 2.75) is 6.17 Å². The van der Waals surface area contributed by atoms with Gasteiger partial charge in [-0.25, -0.2) is 0 Å². The minimum atomic E-state index is -1.03. The largest absolute Gasteiger partial charge is 0.508 e. The van der Waals surface area contributed by atoms with Gasteiger partial charge in [0.1, 0.15) is 11.9 Å². The van der Waals surface area contributed by atoms with E-state index in [-0.39, 0.29) is 5.75 Å². The van der Waals surface area contributed by atoms with Gasteiger partial charge in [-0.3, -0.25) is 4.79 Å². The Labute approximate surface area is 75.3 Å². The van der Waals surface area contributed by atoms with Gasteiger partial charge in [0.25, 0.3) is 5.91 Å². The van der Waals surface area contributed by atoms with Crippen LogP contribution in [0.15, 0.2) is 24.3 Å². The molecule has 1 aromatic carbocycles. The van der Waals surface area contributed by atoms with Crippen LogP contribution in [0.2, 0.25) is 0 Å². The maximum Gasteiger partial charge on any atom is 0.255 e. The highest BCUT2D eigenvalue weighted by atomic mass is 16.3. The Morgan fingerprint density at radius 3 is 2.31 bits per heavy atom. The highest BCUT2D eigenvalue weighted by molar-refractivity contribution is 5.94. The summed E-state index contributed by atoms with van der Waals surface area (Å²) in [6.07, 6.45) is -1.03. The molecule has 0 saturated heterocycles. The molecule has 0 heterocycles. The summed E-state index contributed by atoms with van der Waals surface area (Å²) in [6.45, 7) is 0. The van der Waals surface area contributed by atoms with E-state index in [0.29, 0.717) is 5.69 Å². The number of nitrogens with two attached hydrogens (primary N) is 2. The molecule has 1 aromatic rings. The van der Waals surface area contributed by atoms with Crippen molar-refractivity contribution in [3.8, 4) is 5.75 Å². The van der Waals surface area contributed by atoms with Gasteiger partial charge in [0, 0.05) is 5.69 Å². The van der Waals surface area contributed by atoms with E-state index in [1.807, 2.05) is 0 Å². The molecule has 13 heavy (non-hydrogen) atoms. The first-order valence-corrected chi connectivity index (χ1v) is 3.70. The smallest absolute Gasteiger partial charge is 0.255 e. The molecule has 0 saturated carbocycles. The molecule has 0 spiro atoms. The molecule has 0 bridgehead atoms. The lowest BCUT2D eigenvalue weighted by Crippen LogP contribution is -2.43. The number of hydrogen-bond donors (Lipinski definition) is 4. The Morgan fingerprint density at radius 1 is 1.31 bits per heavy atom. The summed E-state index contributed by atoms with van der Waals surface area (Å²) in [5.41, 5.74) is 10.8. The minimum absolute atomic E-state index is 0.134. The summed E-state index contributed by atoms with van der Waals surface area (Å²) in [4.78, 5) is 11.0. The summed E-state index contributed by atoms with van der Waals surface area (Å²) >= 11 is 0. The summed E-state index contributed by atoms with van der Waals surface area (Å²) in [5.74, 6) is -0.333. The summed E-state index contributed by atoms with van der Waals surface area (Å²) in [7, 11) is 0. The topological polar surface area (TPSA) is 101 Å². The zero-order valence-electron chi connectivity index (χ0n) is 6.90. The molecular weight excluding hydrogens is 170 g/mol. The molecule has 6 N–H and O–H groups in total. The zero-order valence-corrected chi connectivity index (χ0v) is 6.90. The Hall–Kier alpha value is -1.59. The predicted octanol–water partition coefficient (Wildman–Crippen LogP) is -0.426. The number of benzene rings is 1. The van der Waals surface area contributed by atoms with Crippen molar-refractivity contribution >= 4 is 11.6 Å². The van der Waals surface area contributed by atoms with Gasteiger partial charge in [-0.05, 0) is 24.3 Å². The van der Waals surface area contributed by atoms with Gasteiger partial charge in [-0.1, -0.05) is 0 Å². The lowest BCUT2D eigenvalue weighted by molar-refractivity contribution is -0.117. The van der Waals surface area contributed by atoms with Crippen molar-refractivity contribution in [3.63, 3.8) is 0 Å². The van der Waals surface area contributed by atoms with Gasteiger partial charge in [0.05, 0.1) is 0 Å². The van der Waals surface area contributed by atoms with Crippen LogP contribution in [0.5, 0.6) is 5.75 Å². The van der Waals surface area contributed by atoms with Crippen LogP contribution in [-0.2, 0) is 4.79 Å². The number of hydrogen-bond acceptors (Lipinski definition) is 4. The molecule has 0 unspecified atom stereocenters. The lowest BCUT2D eigenvalue weighted by atomic mass is 10.3. The van der Waals surface area contributed by atoms with Crippen molar-refractivity contribution in [2.24, 2.45) is 11.5 Å². The standard InChI is InChI=1S/C8H11N3O2/c9-7(10)8(13)11-5-1-3-6(12)4-2-5/h1-4,7,12H,9-10H2,(H,11,13). The highest BCUT2D eigenvalue weighted by Crippen LogP contribution is 2.13. The average Bonchev–Trinajstić information content (AvgIpc) is 2.08. The Kier molecular flexibility index (Phi) is 2.84. The SMILES string of the molecule is NC(N)C(=O)Nc1ccc(O)cc1. The first-order valence-electron chi connectivity index (χ1n) is 3.70. The molecule has 5 nitrogen and oxygen atoms in total. The van der Waals surface area contributed by atoms with Crippen LogP contribution >= 0.6 is 0 Å². The number of anilines is 1. The number of phenols is 1. The van der Waals surface area contributed by atoms with E-state index < -0.39 is 12.1 Å². The monoisotopic (exact) mass is 181 g/mol. The van der Waals surface area contributed by atoms with Crippen molar-refractivity contribution in [1.82, 2.24) is 0 Å². The van der Waals surface area contributed by atoms with Gasteiger partial charge >= 0.3 is 0 Å². The average molecular weight is 181 g/mol. The van der Waals surface area contributed by atoms with Crippen molar-refractivity contribution in [1.29, 1.82) is 0 Å². The normalized spacial score (nSPS) is 10.1. The Balaban J connectivity index is 2.65. The fourth-order valence-corrected chi connectivity index (χ4v) is 0.770. The molecule has 0 fully saturated rings. The van der Waals surface area contributed by atoms with E-state index in [4.69, 9.17) is 16.6 Å². The number of amides is 1. The van der Waals surface area contributed by atoms with Gasteiger partial charge < -0.3 is 21.9 Å². The van der Waals surface area contributed by atoms with E-state index in [1.165, 1.54) is 12.1 Å². The first-order chi connectivity index (χ1) is 6.09. The third kappa shape index (κ3) is 2.73. The van der Waals surface area contributed by atoms with E-state index in [0.717, 1.165) is 0 Å². The molecule has 0 aliphatic heterocycles. The fraction of sp³-hybridized carbons (Fsp3) is 0.125. The number of nitrogens with one attached hydrogen (secondary N) is 1. The van der Waals surface area contributed by atoms with Gasteiger partial charge in [-0.2, -0.15) is 0 Å². The lowest BCUT2D eigenvalue weighted by Gasteiger charge is -2.06. The van der Waals surface area contributed by atoms with Crippen LogP contribution < -0.4 is 16.8 Å². The second kappa shape index (κ2) is 3.88. The van der Waals surface area contributed by atoms with E-state index in [9.17, 15) is 4.79 Å². The number of rotatable bonds is 2. The van der Waals surface area contributed by atoms with E-state index >= 15 is 0 Å². The maximum absolute atomic E-state index is 11.0. The first kappa shape index (κ1) is 9.50. The molecule has 1 rings (SSSR count). The van der Waals surface area contributed by atoms with Gasteiger partial charge in [0.2, 0.25) is 0 Å². The van der Waals surface area contributed by atoms with Crippen LogP contribution in [0.3, 0.4) is 0 Å². The minimum Gasteiger partial charge on any atom is -0.508 e. The van der Waals surface area contributed by atoms with Gasteiger partial charge in [0.15, 0.2) is 0 Å². The quantitative estimate of drug-likeness (QED) is 0.367. The van der Waals surface area contributed by atoms with Crippen LogP contribution in [0.4, 0.5) is 5.69 Å². The maximum atomic E-state index is 11.0. The second-order valence-corrected chi connectivity index (χ2v) is 2.56. The van der Waals surface area contributed by atoms with Gasteiger partial charge in [-0.15, -0.1) is 0 Å². The third-order valence-corrected chi connectivity index (χ3v) is 1.44. The molecule has 1 amide bonds. The van der Waals surface area contributed by atoms with Crippen molar-refractivity contribution in [2.75, 3.05) is 5.32 Å². The summed E-state index contributed by atoms with van der Waals surface area (Å²) in [6, 6.07) is 6.01. The molecule has 0 aliphatic carbocycles. The fourth-order valence-electron chi connectivity index (χ4n) is 0.770. The van der Waals surface area contributed by atoms with Crippen LogP contribution in [0.25, 0.3) is 0 Å². The summed E-state index contributed by atoms with van der Waals surface area (Å²) < 4.78 is 0. The van der Waals surface area contributed by atoms with Crippen LogP contribution in [-0.4, -0.2) is 17.2 Å². The Morgan fingerprint density at radius 2 is 1.85 bits per heavy atom. The highest BCUT2D eigenvalue weighted by Gasteiger charge is 2.06. The predicted molar refractivity (Wildman–Crippen MR) is 48.9 cm³/mol. The molecule has 0 atom stereocenters. The molecular formula is C8H11N3O2. The zero-order chi connectivity index (χ0) is 9.84.